The minimum atomic E-state index is -0.0175. The molecule has 0 aromatic heterocycles. The van der Waals surface area contributed by atoms with E-state index in [-0.39, 0.29) is 5.91 Å². The van der Waals surface area contributed by atoms with Gasteiger partial charge in [-0.2, -0.15) is 5.26 Å². The number of rotatable bonds is 6. The Labute approximate surface area is 134 Å². The third kappa shape index (κ3) is 4.80. The summed E-state index contributed by atoms with van der Waals surface area (Å²) in [5.41, 5.74) is 2.30. The van der Waals surface area contributed by atoms with Gasteiger partial charge in [-0.15, -0.1) is 0 Å². The molecule has 0 saturated carbocycles. The van der Waals surface area contributed by atoms with Gasteiger partial charge in [0.15, 0.2) is 0 Å². The monoisotopic (exact) mass is 313 g/mol. The van der Waals surface area contributed by atoms with Crippen molar-refractivity contribution in [1.29, 1.82) is 5.26 Å². The Kier molecular flexibility index (Phi) is 5.81. The summed E-state index contributed by atoms with van der Waals surface area (Å²) in [5.74, 6) is -0.0175. The molecule has 0 bridgehead atoms. The van der Waals surface area contributed by atoms with Crippen molar-refractivity contribution >= 4 is 23.2 Å². The van der Waals surface area contributed by atoms with Crippen molar-refractivity contribution in [3.63, 3.8) is 0 Å². The van der Waals surface area contributed by atoms with E-state index in [1.807, 2.05) is 36.4 Å². The second-order valence-corrected chi connectivity index (χ2v) is 5.15. The number of amides is 1. The molecule has 22 heavy (non-hydrogen) atoms. The van der Waals surface area contributed by atoms with Gasteiger partial charge in [0.05, 0.1) is 10.6 Å². The molecule has 112 valence electrons. The minimum Gasteiger partial charge on any atom is -0.384 e. The molecule has 2 aromatic carbocycles. The third-order valence-electron chi connectivity index (χ3n) is 3.10. The van der Waals surface area contributed by atoms with Crippen LogP contribution in [0.1, 0.15) is 17.5 Å². The van der Waals surface area contributed by atoms with Crippen LogP contribution in [0.4, 0.5) is 5.69 Å². The number of nitrogens with one attached hydrogen (secondary N) is 2. The standard InChI is InChI=1S/C17H16ClN3O/c18-16-10-15(7-6-14(16)11-19)20-9-8-17(22)21-12-13-4-2-1-3-5-13/h1-7,10,20H,8-9,12H2,(H,21,22). The molecule has 2 rings (SSSR count). The fourth-order valence-electron chi connectivity index (χ4n) is 1.92. The van der Waals surface area contributed by atoms with E-state index < -0.39 is 0 Å². The van der Waals surface area contributed by atoms with Crippen LogP contribution in [0.2, 0.25) is 5.02 Å². The summed E-state index contributed by atoms with van der Waals surface area (Å²) in [5, 5.41) is 15.2. The molecule has 0 saturated heterocycles. The molecule has 0 atom stereocenters. The van der Waals surface area contributed by atoms with Gasteiger partial charge in [0.25, 0.3) is 0 Å². The highest BCUT2D eigenvalue weighted by Gasteiger charge is 2.03. The van der Waals surface area contributed by atoms with Crippen LogP contribution in [-0.2, 0) is 11.3 Å². The van der Waals surface area contributed by atoms with Crippen molar-refractivity contribution in [3.05, 3.63) is 64.7 Å². The number of hydrogen-bond donors (Lipinski definition) is 2. The number of nitrogens with zero attached hydrogens (tertiary/aromatic N) is 1. The molecule has 2 N–H and O–H groups in total. The Hall–Kier alpha value is -2.51. The lowest BCUT2D eigenvalue weighted by Gasteiger charge is -2.08. The largest absolute Gasteiger partial charge is 0.384 e. The maximum absolute atomic E-state index is 11.8. The maximum Gasteiger partial charge on any atom is 0.222 e. The normalized spacial score (nSPS) is 9.82. The van der Waals surface area contributed by atoms with Gasteiger partial charge < -0.3 is 10.6 Å². The zero-order valence-corrected chi connectivity index (χ0v) is 12.7. The third-order valence-corrected chi connectivity index (χ3v) is 3.42. The van der Waals surface area contributed by atoms with Crippen LogP contribution in [0.15, 0.2) is 48.5 Å². The van der Waals surface area contributed by atoms with Crippen molar-refractivity contribution in [3.8, 4) is 6.07 Å². The van der Waals surface area contributed by atoms with Crippen LogP contribution in [0.3, 0.4) is 0 Å². The summed E-state index contributed by atoms with van der Waals surface area (Å²) in [4.78, 5) is 11.8. The summed E-state index contributed by atoms with van der Waals surface area (Å²) in [6, 6.07) is 16.9. The molecular formula is C17H16ClN3O. The van der Waals surface area contributed by atoms with Crippen LogP contribution >= 0.6 is 11.6 Å². The Bertz CT molecular complexity index is 680. The van der Waals surface area contributed by atoms with Crippen LogP contribution in [0.25, 0.3) is 0 Å². The zero-order chi connectivity index (χ0) is 15.8. The molecule has 2 aromatic rings. The van der Waals surface area contributed by atoms with E-state index in [1.165, 1.54) is 0 Å². The van der Waals surface area contributed by atoms with Gasteiger partial charge in [0.1, 0.15) is 6.07 Å². The minimum absolute atomic E-state index is 0.0175. The summed E-state index contributed by atoms with van der Waals surface area (Å²) < 4.78 is 0. The van der Waals surface area contributed by atoms with Gasteiger partial charge in [-0.05, 0) is 23.8 Å². The molecule has 0 radical (unpaired) electrons. The van der Waals surface area contributed by atoms with Crippen molar-refractivity contribution in [2.45, 2.75) is 13.0 Å². The highest BCUT2D eigenvalue weighted by atomic mass is 35.5. The molecule has 5 heteroatoms. The highest BCUT2D eigenvalue weighted by molar-refractivity contribution is 6.32. The smallest absolute Gasteiger partial charge is 0.222 e. The Morgan fingerprint density at radius 2 is 1.95 bits per heavy atom. The van der Waals surface area contributed by atoms with E-state index in [2.05, 4.69) is 10.6 Å². The molecule has 0 aliphatic rings. The Morgan fingerprint density at radius 3 is 2.64 bits per heavy atom. The summed E-state index contributed by atoms with van der Waals surface area (Å²) in [7, 11) is 0. The van der Waals surface area contributed by atoms with Gasteiger partial charge in [-0.25, -0.2) is 0 Å². The second kappa shape index (κ2) is 8.06. The quantitative estimate of drug-likeness (QED) is 0.859. The topological polar surface area (TPSA) is 64.9 Å². The van der Waals surface area contributed by atoms with Crippen molar-refractivity contribution in [2.24, 2.45) is 0 Å². The molecular weight excluding hydrogens is 298 g/mol. The molecule has 0 fully saturated rings. The van der Waals surface area contributed by atoms with E-state index in [4.69, 9.17) is 16.9 Å². The average molecular weight is 314 g/mol. The van der Waals surface area contributed by atoms with Gasteiger partial charge in [0.2, 0.25) is 5.91 Å². The molecule has 1 amide bonds. The van der Waals surface area contributed by atoms with Crippen LogP contribution < -0.4 is 10.6 Å². The number of carbonyl (C=O) groups excluding carboxylic acids is 1. The number of anilines is 1. The van der Waals surface area contributed by atoms with Gasteiger partial charge in [-0.3, -0.25) is 4.79 Å². The fourth-order valence-corrected chi connectivity index (χ4v) is 2.14. The predicted molar refractivity (Wildman–Crippen MR) is 87.6 cm³/mol. The molecule has 0 aliphatic carbocycles. The average Bonchev–Trinajstić information content (AvgIpc) is 2.54. The number of hydrogen-bond acceptors (Lipinski definition) is 3. The second-order valence-electron chi connectivity index (χ2n) is 4.75. The van der Waals surface area contributed by atoms with Crippen LogP contribution in [0, 0.1) is 11.3 Å². The molecule has 4 nitrogen and oxygen atoms in total. The van der Waals surface area contributed by atoms with Crippen LogP contribution in [-0.4, -0.2) is 12.5 Å². The first-order chi connectivity index (χ1) is 10.7. The summed E-state index contributed by atoms with van der Waals surface area (Å²) >= 11 is 5.95. The number of carbonyl (C=O) groups is 1. The zero-order valence-electron chi connectivity index (χ0n) is 12.0. The first-order valence-electron chi connectivity index (χ1n) is 6.93. The van der Waals surface area contributed by atoms with Gasteiger partial charge in [-0.1, -0.05) is 41.9 Å². The molecule has 0 aliphatic heterocycles. The summed E-state index contributed by atoms with van der Waals surface area (Å²) in [6.07, 6.45) is 0.366. The van der Waals surface area contributed by atoms with Gasteiger partial charge >= 0.3 is 0 Å². The lowest BCUT2D eigenvalue weighted by molar-refractivity contribution is -0.121. The van der Waals surface area contributed by atoms with E-state index in [0.29, 0.717) is 30.1 Å². The number of nitriles is 1. The molecule has 0 unspecified atom stereocenters. The lowest BCUT2D eigenvalue weighted by atomic mass is 10.2. The lowest BCUT2D eigenvalue weighted by Crippen LogP contribution is -2.24. The molecule has 0 heterocycles. The first-order valence-corrected chi connectivity index (χ1v) is 7.31. The SMILES string of the molecule is N#Cc1ccc(NCCC(=O)NCc2ccccc2)cc1Cl. The van der Waals surface area contributed by atoms with Crippen LogP contribution in [0.5, 0.6) is 0 Å². The maximum atomic E-state index is 11.8. The predicted octanol–water partition coefficient (Wildman–Crippen LogP) is 3.33. The van der Waals surface area contributed by atoms with E-state index in [9.17, 15) is 4.79 Å². The number of halogens is 1. The van der Waals surface area contributed by atoms with Crippen molar-refractivity contribution in [1.82, 2.24) is 5.32 Å². The molecule has 0 spiro atoms. The van der Waals surface area contributed by atoms with E-state index in [1.54, 1.807) is 18.2 Å². The highest BCUT2D eigenvalue weighted by Crippen LogP contribution is 2.19. The Morgan fingerprint density at radius 1 is 1.18 bits per heavy atom. The first kappa shape index (κ1) is 15.9. The van der Waals surface area contributed by atoms with E-state index >= 15 is 0 Å². The van der Waals surface area contributed by atoms with Gasteiger partial charge in [0, 0.05) is 25.2 Å². The summed E-state index contributed by atoms with van der Waals surface area (Å²) in [6.45, 7) is 1.03. The Balaban J connectivity index is 1.73. The fraction of sp³-hybridized carbons (Fsp3) is 0.176. The number of benzene rings is 2. The van der Waals surface area contributed by atoms with Crippen molar-refractivity contribution in [2.75, 3.05) is 11.9 Å². The van der Waals surface area contributed by atoms with Crippen molar-refractivity contribution < 1.29 is 4.79 Å². The van der Waals surface area contributed by atoms with E-state index in [0.717, 1.165) is 11.3 Å².